The van der Waals surface area contributed by atoms with E-state index in [9.17, 15) is 4.79 Å². The lowest BCUT2D eigenvalue weighted by Gasteiger charge is -2.16. The summed E-state index contributed by atoms with van der Waals surface area (Å²) in [6, 6.07) is 3.81. The van der Waals surface area contributed by atoms with Gasteiger partial charge in [-0.1, -0.05) is 0 Å². The number of hydrogen-bond acceptors (Lipinski definition) is 4. The van der Waals surface area contributed by atoms with Gasteiger partial charge in [-0.05, 0) is 26.0 Å². The van der Waals surface area contributed by atoms with Gasteiger partial charge < -0.3 is 4.90 Å². The van der Waals surface area contributed by atoms with Gasteiger partial charge in [0.25, 0.3) is 5.91 Å². The molecule has 0 aromatic carbocycles. The molecule has 0 aliphatic heterocycles. The summed E-state index contributed by atoms with van der Waals surface area (Å²) >= 11 is 1.41. The Balaban J connectivity index is 2.23. The maximum Gasteiger partial charge on any atom is 0.265 e. The van der Waals surface area contributed by atoms with Crippen molar-refractivity contribution in [3.05, 3.63) is 35.6 Å². The second-order valence-electron chi connectivity index (χ2n) is 3.75. The highest BCUT2D eigenvalue weighted by molar-refractivity contribution is 7.16. The molecule has 2 rings (SSSR count). The molecule has 0 radical (unpaired) electrons. The molecule has 0 bridgehead atoms. The van der Waals surface area contributed by atoms with Gasteiger partial charge in [-0.3, -0.25) is 9.78 Å². The van der Waals surface area contributed by atoms with E-state index in [-0.39, 0.29) is 5.91 Å². The molecule has 2 aromatic heterocycles. The molecular formula is C13H15N3OS. The number of carbonyl (C=O) groups is 1. The number of thiazole rings is 1. The lowest BCUT2D eigenvalue weighted by Crippen LogP contribution is -2.29. The summed E-state index contributed by atoms with van der Waals surface area (Å²) < 4.78 is 0. The molecule has 0 saturated carbocycles. The molecule has 94 valence electrons. The Hall–Kier alpha value is -1.75. The van der Waals surface area contributed by atoms with Crippen LogP contribution >= 0.6 is 11.3 Å². The summed E-state index contributed by atoms with van der Waals surface area (Å²) in [6.45, 7) is 5.39. The maximum atomic E-state index is 12.1. The topological polar surface area (TPSA) is 46.1 Å². The van der Waals surface area contributed by atoms with Crippen molar-refractivity contribution in [2.45, 2.75) is 13.8 Å². The van der Waals surface area contributed by atoms with Crippen molar-refractivity contribution < 1.29 is 4.79 Å². The largest absolute Gasteiger partial charge is 0.338 e. The molecule has 5 heteroatoms. The number of amides is 1. The van der Waals surface area contributed by atoms with Gasteiger partial charge in [0.1, 0.15) is 9.88 Å². The molecule has 0 saturated heterocycles. The summed E-state index contributed by atoms with van der Waals surface area (Å²) in [5, 5.41) is 0.832. The van der Waals surface area contributed by atoms with Gasteiger partial charge in [-0.15, -0.1) is 11.3 Å². The standard InChI is InChI=1S/C13H15N3OS/c1-3-16(4-2)13(17)11-9-15-12(18-11)10-6-5-7-14-8-10/h5-9H,3-4H2,1-2H3. The number of carbonyl (C=O) groups excluding carboxylic acids is 1. The van der Waals surface area contributed by atoms with Crippen LogP contribution in [0.2, 0.25) is 0 Å². The molecular weight excluding hydrogens is 246 g/mol. The molecule has 0 spiro atoms. The number of hydrogen-bond donors (Lipinski definition) is 0. The van der Waals surface area contributed by atoms with Gasteiger partial charge >= 0.3 is 0 Å². The number of nitrogens with zero attached hydrogens (tertiary/aromatic N) is 3. The Bertz CT molecular complexity index is 520. The zero-order valence-electron chi connectivity index (χ0n) is 10.5. The average molecular weight is 261 g/mol. The molecule has 0 aliphatic carbocycles. The van der Waals surface area contributed by atoms with Crippen LogP contribution in [0, 0.1) is 0 Å². The van der Waals surface area contributed by atoms with E-state index >= 15 is 0 Å². The van der Waals surface area contributed by atoms with E-state index in [0.717, 1.165) is 23.7 Å². The lowest BCUT2D eigenvalue weighted by molar-refractivity contribution is 0.0777. The lowest BCUT2D eigenvalue weighted by atomic mass is 10.3. The monoisotopic (exact) mass is 261 g/mol. The van der Waals surface area contributed by atoms with Crippen molar-refractivity contribution >= 4 is 17.2 Å². The molecule has 2 heterocycles. The fraction of sp³-hybridized carbons (Fsp3) is 0.308. The van der Waals surface area contributed by atoms with Crippen molar-refractivity contribution in [3.63, 3.8) is 0 Å². The smallest absolute Gasteiger partial charge is 0.265 e. The van der Waals surface area contributed by atoms with Gasteiger partial charge in [-0.25, -0.2) is 4.98 Å². The molecule has 2 aromatic rings. The fourth-order valence-corrected chi connectivity index (χ4v) is 2.54. The van der Waals surface area contributed by atoms with Crippen LogP contribution in [0.1, 0.15) is 23.5 Å². The van der Waals surface area contributed by atoms with Gasteiger partial charge in [0.2, 0.25) is 0 Å². The fourth-order valence-electron chi connectivity index (χ4n) is 1.66. The highest BCUT2D eigenvalue weighted by atomic mass is 32.1. The van der Waals surface area contributed by atoms with Crippen molar-refractivity contribution in [3.8, 4) is 10.6 Å². The molecule has 1 amide bonds. The first-order valence-electron chi connectivity index (χ1n) is 5.91. The molecule has 0 atom stereocenters. The Kier molecular flexibility index (Phi) is 4.04. The SMILES string of the molecule is CCN(CC)C(=O)c1cnc(-c2cccnc2)s1. The van der Waals surface area contributed by atoms with Gasteiger partial charge in [0.15, 0.2) is 0 Å². The van der Waals surface area contributed by atoms with Crippen LogP contribution in [0.3, 0.4) is 0 Å². The second-order valence-corrected chi connectivity index (χ2v) is 4.78. The van der Waals surface area contributed by atoms with Crippen molar-refractivity contribution in [1.29, 1.82) is 0 Å². The quantitative estimate of drug-likeness (QED) is 0.850. The first-order chi connectivity index (χ1) is 8.76. The van der Waals surface area contributed by atoms with Crippen molar-refractivity contribution in [1.82, 2.24) is 14.9 Å². The molecule has 0 aliphatic rings. The Morgan fingerprint density at radius 1 is 1.33 bits per heavy atom. The minimum Gasteiger partial charge on any atom is -0.338 e. The first-order valence-corrected chi connectivity index (χ1v) is 6.73. The maximum absolute atomic E-state index is 12.1. The van der Waals surface area contributed by atoms with E-state index < -0.39 is 0 Å². The van der Waals surface area contributed by atoms with E-state index in [1.807, 2.05) is 26.0 Å². The third-order valence-corrected chi connectivity index (χ3v) is 3.71. The number of rotatable bonds is 4. The van der Waals surface area contributed by atoms with Crippen LogP contribution in [0.15, 0.2) is 30.7 Å². The van der Waals surface area contributed by atoms with E-state index in [1.54, 1.807) is 23.5 Å². The molecule has 0 N–H and O–H groups in total. The van der Waals surface area contributed by atoms with Crippen molar-refractivity contribution in [2.24, 2.45) is 0 Å². The zero-order valence-corrected chi connectivity index (χ0v) is 11.3. The summed E-state index contributed by atoms with van der Waals surface area (Å²) in [6.07, 6.45) is 5.12. The van der Waals surface area contributed by atoms with E-state index in [4.69, 9.17) is 0 Å². The van der Waals surface area contributed by atoms with Crippen LogP contribution in [0.5, 0.6) is 0 Å². The minimum absolute atomic E-state index is 0.0487. The van der Waals surface area contributed by atoms with E-state index in [2.05, 4.69) is 9.97 Å². The van der Waals surface area contributed by atoms with Crippen molar-refractivity contribution in [2.75, 3.05) is 13.1 Å². The molecule has 0 fully saturated rings. The summed E-state index contributed by atoms with van der Waals surface area (Å²) in [5.41, 5.74) is 0.945. The normalized spacial score (nSPS) is 10.3. The van der Waals surface area contributed by atoms with Crippen LogP contribution in [-0.2, 0) is 0 Å². The number of aromatic nitrogens is 2. The van der Waals surface area contributed by atoms with E-state index in [1.165, 1.54) is 11.3 Å². The Labute approximate surface area is 110 Å². The van der Waals surface area contributed by atoms with Crippen LogP contribution < -0.4 is 0 Å². The third kappa shape index (κ3) is 2.56. The zero-order chi connectivity index (χ0) is 13.0. The number of pyridine rings is 1. The Morgan fingerprint density at radius 3 is 2.72 bits per heavy atom. The van der Waals surface area contributed by atoms with Gasteiger partial charge in [-0.2, -0.15) is 0 Å². The Morgan fingerprint density at radius 2 is 2.11 bits per heavy atom. The van der Waals surface area contributed by atoms with Gasteiger partial charge in [0.05, 0.1) is 6.20 Å². The minimum atomic E-state index is 0.0487. The predicted octanol–water partition coefficient (Wildman–Crippen LogP) is 2.69. The summed E-state index contributed by atoms with van der Waals surface area (Å²) in [7, 11) is 0. The summed E-state index contributed by atoms with van der Waals surface area (Å²) in [5.74, 6) is 0.0487. The second kappa shape index (κ2) is 5.73. The highest BCUT2D eigenvalue weighted by Crippen LogP contribution is 2.25. The molecule has 18 heavy (non-hydrogen) atoms. The molecule has 0 unspecified atom stereocenters. The van der Waals surface area contributed by atoms with Gasteiger partial charge in [0, 0.05) is 31.0 Å². The van der Waals surface area contributed by atoms with Crippen LogP contribution in [0.4, 0.5) is 0 Å². The molecule has 4 nitrogen and oxygen atoms in total. The third-order valence-electron chi connectivity index (χ3n) is 2.68. The van der Waals surface area contributed by atoms with Crippen LogP contribution in [-0.4, -0.2) is 33.9 Å². The van der Waals surface area contributed by atoms with E-state index in [0.29, 0.717) is 4.88 Å². The van der Waals surface area contributed by atoms with Crippen LogP contribution in [0.25, 0.3) is 10.6 Å². The first kappa shape index (κ1) is 12.7. The summed E-state index contributed by atoms with van der Waals surface area (Å²) in [4.78, 5) is 22.9. The highest BCUT2D eigenvalue weighted by Gasteiger charge is 2.16. The average Bonchev–Trinajstić information content (AvgIpc) is 2.90. The predicted molar refractivity (Wildman–Crippen MR) is 72.6 cm³/mol.